The summed E-state index contributed by atoms with van der Waals surface area (Å²) in [7, 11) is 0. The Kier molecular flexibility index (Phi) is 3.65. The summed E-state index contributed by atoms with van der Waals surface area (Å²) in [5, 5.41) is 20.4. The van der Waals surface area contributed by atoms with Gasteiger partial charge in [-0.25, -0.2) is 4.98 Å². The van der Waals surface area contributed by atoms with Crippen molar-refractivity contribution in [3.05, 3.63) is 72.3 Å². The Bertz CT molecular complexity index is 1050. The maximum Gasteiger partial charge on any atom is 0.149 e. The van der Waals surface area contributed by atoms with E-state index in [0.29, 0.717) is 17.8 Å². The zero-order valence-corrected chi connectivity index (χ0v) is 13.8. The van der Waals surface area contributed by atoms with Crippen LogP contribution in [0.5, 0.6) is 11.5 Å². The molecule has 0 atom stereocenters. The summed E-state index contributed by atoms with van der Waals surface area (Å²) in [6, 6.07) is 21.0. The highest BCUT2D eigenvalue weighted by molar-refractivity contribution is 5.84. The Morgan fingerprint density at radius 2 is 1.60 bits per heavy atom. The number of hydrogen-bond acceptors (Lipinski definition) is 3. The Morgan fingerprint density at radius 3 is 2.36 bits per heavy atom. The molecule has 25 heavy (non-hydrogen) atoms. The Labute approximate surface area is 145 Å². The van der Waals surface area contributed by atoms with Crippen LogP contribution < -0.4 is 0 Å². The van der Waals surface area contributed by atoms with Crippen LogP contribution in [0.4, 0.5) is 0 Å². The summed E-state index contributed by atoms with van der Waals surface area (Å²) >= 11 is 0. The highest BCUT2D eigenvalue weighted by Gasteiger charge is 2.18. The number of imidazole rings is 1. The van der Waals surface area contributed by atoms with E-state index < -0.39 is 0 Å². The van der Waals surface area contributed by atoms with E-state index in [0.717, 1.165) is 22.3 Å². The number of aromatic hydroxyl groups is 2. The van der Waals surface area contributed by atoms with Gasteiger partial charge in [0.05, 0.1) is 16.6 Å². The Morgan fingerprint density at radius 1 is 0.880 bits per heavy atom. The second-order valence-corrected chi connectivity index (χ2v) is 5.95. The summed E-state index contributed by atoms with van der Waals surface area (Å²) in [6.45, 7) is 1.97. The molecule has 124 valence electrons. The van der Waals surface area contributed by atoms with E-state index in [1.54, 1.807) is 0 Å². The molecule has 0 radical (unpaired) electrons. The summed E-state index contributed by atoms with van der Waals surface area (Å²) in [6.07, 6.45) is 0.671. The lowest BCUT2D eigenvalue weighted by atomic mass is 10.1. The van der Waals surface area contributed by atoms with Crippen molar-refractivity contribution >= 4 is 11.0 Å². The third kappa shape index (κ3) is 2.52. The maximum absolute atomic E-state index is 10.4. The fourth-order valence-electron chi connectivity index (χ4n) is 3.13. The van der Waals surface area contributed by atoms with Gasteiger partial charge in [-0.05, 0) is 42.3 Å². The fraction of sp³-hybridized carbons (Fsp3) is 0.0952. The van der Waals surface area contributed by atoms with Crippen molar-refractivity contribution in [3.63, 3.8) is 0 Å². The van der Waals surface area contributed by atoms with Crippen LogP contribution in [-0.4, -0.2) is 19.8 Å². The van der Waals surface area contributed by atoms with Crippen molar-refractivity contribution in [2.75, 3.05) is 0 Å². The smallest absolute Gasteiger partial charge is 0.149 e. The van der Waals surface area contributed by atoms with Crippen molar-refractivity contribution in [3.8, 4) is 28.6 Å². The third-order valence-electron chi connectivity index (χ3n) is 4.39. The minimum absolute atomic E-state index is 0.0159. The number of para-hydroxylation sites is 3. The molecule has 0 fully saturated rings. The molecule has 4 heteroatoms. The van der Waals surface area contributed by atoms with Crippen LogP contribution in [-0.2, 0) is 6.42 Å². The highest BCUT2D eigenvalue weighted by Crippen LogP contribution is 2.37. The number of aryl methyl sites for hydroxylation is 1. The monoisotopic (exact) mass is 330 g/mol. The first-order valence-electron chi connectivity index (χ1n) is 8.27. The normalized spacial score (nSPS) is 11.1. The molecule has 0 saturated heterocycles. The number of phenols is 2. The number of nitrogens with zero attached hydrogens (tertiary/aromatic N) is 2. The minimum Gasteiger partial charge on any atom is -0.508 e. The molecule has 4 aromatic rings. The molecular weight excluding hydrogens is 312 g/mol. The van der Waals surface area contributed by atoms with Crippen molar-refractivity contribution in [1.82, 2.24) is 9.55 Å². The molecule has 4 nitrogen and oxygen atoms in total. The van der Waals surface area contributed by atoms with Gasteiger partial charge in [0, 0.05) is 11.8 Å². The van der Waals surface area contributed by atoms with Gasteiger partial charge >= 0.3 is 0 Å². The van der Waals surface area contributed by atoms with Gasteiger partial charge in [-0.3, -0.25) is 4.57 Å². The molecule has 1 aromatic heterocycles. The van der Waals surface area contributed by atoms with Crippen LogP contribution in [0.25, 0.3) is 28.1 Å². The first-order valence-corrected chi connectivity index (χ1v) is 8.27. The van der Waals surface area contributed by atoms with Crippen molar-refractivity contribution in [1.29, 1.82) is 0 Å². The summed E-state index contributed by atoms with van der Waals surface area (Å²) in [5.74, 6) is 0.771. The number of hydrogen-bond donors (Lipinski definition) is 2. The average molecular weight is 330 g/mol. The van der Waals surface area contributed by atoms with E-state index in [1.807, 2.05) is 72.2 Å². The number of benzene rings is 3. The van der Waals surface area contributed by atoms with Gasteiger partial charge < -0.3 is 10.2 Å². The van der Waals surface area contributed by atoms with E-state index in [9.17, 15) is 10.2 Å². The van der Waals surface area contributed by atoms with Crippen molar-refractivity contribution in [2.45, 2.75) is 13.3 Å². The molecule has 3 aromatic carbocycles. The molecule has 2 N–H and O–H groups in total. The molecule has 4 rings (SSSR count). The second kappa shape index (κ2) is 5.98. The van der Waals surface area contributed by atoms with Gasteiger partial charge in [0.2, 0.25) is 0 Å². The molecular formula is C21H18N2O2. The lowest BCUT2D eigenvalue weighted by molar-refractivity contribution is 0.447. The quantitative estimate of drug-likeness (QED) is 0.574. The first kappa shape index (κ1) is 15.3. The third-order valence-corrected chi connectivity index (χ3v) is 4.39. The van der Waals surface area contributed by atoms with Gasteiger partial charge in [-0.15, -0.1) is 0 Å². The summed E-state index contributed by atoms with van der Waals surface area (Å²) < 4.78 is 2.03. The van der Waals surface area contributed by atoms with Crippen LogP contribution in [0.2, 0.25) is 0 Å². The maximum atomic E-state index is 10.4. The lowest BCUT2D eigenvalue weighted by Gasteiger charge is -2.12. The largest absolute Gasteiger partial charge is 0.508 e. The molecule has 0 unspecified atom stereocenters. The predicted octanol–water partition coefficient (Wildman–Crippen LogP) is 4.67. The molecule has 0 aliphatic heterocycles. The van der Waals surface area contributed by atoms with Gasteiger partial charge in [-0.2, -0.15) is 0 Å². The zero-order valence-electron chi connectivity index (χ0n) is 13.8. The van der Waals surface area contributed by atoms with E-state index in [1.165, 1.54) is 6.07 Å². The summed E-state index contributed by atoms with van der Waals surface area (Å²) in [4.78, 5) is 4.75. The topological polar surface area (TPSA) is 58.3 Å². The second-order valence-electron chi connectivity index (χ2n) is 5.95. The van der Waals surface area contributed by atoms with Gasteiger partial charge in [-0.1, -0.05) is 37.3 Å². The van der Waals surface area contributed by atoms with Crippen LogP contribution in [0, 0.1) is 0 Å². The summed E-state index contributed by atoms with van der Waals surface area (Å²) in [5.41, 5.74) is 4.17. The lowest BCUT2D eigenvalue weighted by Crippen LogP contribution is -1.98. The highest BCUT2D eigenvalue weighted by atomic mass is 16.3. The molecule has 0 aliphatic rings. The SMILES string of the molecule is CCc1cc(-c2nc3ccccc3n2-c2ccccc2)c(O)cc1O. The first-order chi connectivity index (χ1) is 12.2. The van der Waals surface area contributed by atoms with Crippen LogP contribution in [0.15, 0.2) is 66.7 Å². The molecule has 0 amide bonds. The standard InChI is InChI=1S/C21H18N2O2/c1-2-14-12-16(20(25)13-19(14)24)21-22-17-10-6-7-11-18(17)23(21)15-8-4-3-5-9-15/h3-13,24-25H,2H2,1H3. The number of aromatic nitrogens is 2. The molecule has 0 spiro atoms. The van der Waals surface area contributed by atoms with Crippen LogP contribution >= 0.6 is 0 Å². The van der Waals surface area contributed by atoms with Gasteiger partial charge in [0.15, 0.2) is 0 Å². The number of rotatable bonds is 3. The van der Waals surface area contributed by atoms with Gasteiger partial charge in [0.1, 0.15) is 17.3 Å². The van der Waals surface area contributed by atoms with E-state index in [2.05, 4.69) is 0 Å². The van der Waals surface area contributed by atoms with Crippen LogP contribution in [0.1, 0.15) is 12.5 Å². The fourth-order valence-corrected chi connectivity index (χ4v) is 3.13. The molecule has 0 saturated carbocycles. The molecule has 0 bridgehead atoms. The Hall–Kier alpha value is -3.27. The zero-order chi connectivity index (χ0) is 17.4. The van der Waals surface area contributed by atoms with E-state index in [4.69, 9.17) is 4.98 Å². The van der Waals surface area contributed by atoms with E-state index >= 15 is 0 Å². The molecule has 0 aliphatic carbocycles. The molecule has 1 heterocycles. The predicted molar refractivity (Wildman–Crippen MR) is 99.2 cm³/mol. The van der Waals surface area contributed by atoms with Crippen molar-refractivity contribution < 1.29 is 10.2 Å². The van der Waals surface area contributed by atoms with Crippen LogP contribution in [0.3, 0.4) is 0 Å². The number of phenolic OH excluding ortho intramolecular Hbond substituents is 2. The average Bonchev–Trinajstić information content (AvgIpc) is 3.02. The van der Waals surface area contributed by atoms with Gasteiger partial charge in [0.25, 0.3) is 0 Å². The van der Waals surface area contributed by atoms with Crippen molar-refractivity contribution in [2.24, 2.45) is 0 Å². The van der Waals surface area contributed by atoms with E-state index in [-0.39, 0.29) is 11.5 Å². The number of fused-ring (bicyclic) bond motifs is 1. The Balaban J connectivity index is 2.06. The minimum atomic E-state index is 0.0159.